The van der Waals surface area contributed by atoms with E-state index < -0.39 is 0 Å². The molecule has 0 spiro atoms. The van der Waals surface area contributed by atoms with Crippen LogP contribution in [0.3, 0.4) is 0 Å². The molecule has 4 aromatic rings. The lowest BCUT2D eigenvalue weighted by atomic mass is 10.0. The smallest absolute Gasteiger partial charge is 0.136 e. The van der Waals surface area contributed by atoms with Crippen LogP contribution in [0, 0.1) is 0 Å². The summed E-state index contributed by atoms with van der Waals surface area (Å²) in [5.74, 6) is 2.24. The number of ether oxygens (including phenoxy) is 1. The molecule has 0 N–H and O–H groups in total. The summed E-state index contributed by atoms with van der Waals surface area (Å²) in [6.07, 6.45) is 9.05. The van der Waals surface area contributed by atoms with Gasteiger partial charge in [-0.05, 0) is 41.3 Å². The molecule has 0 radical (unpaired) electrons. The van der Waals surface area contributed by atoms with Crippen molar-refractivity contribution in [3.8, 4) is 0 Å². The molecule has 32 heavy (non-hydrogen) atoms. The molecule has 164 valence electrons. The number of nitrogens with zero attached hydrogens (tertiary/aromatic N) is 6. The molecule has 4 aromatic heterocycles. The van der Waals surface area contributed by atoms with E-state index in [4.69, 9.17) is 14.7 Å². The van der Waals surface area contributed by atoms with Crippen LogP contribution in [-0.4, -0.2) is 50.6 Å². The van der Waals surface area contributed by atoms with Crippen molar-refractivity contribution in [1.82, 2.24) is 24.3 Å². The van der Waals surface area contributed by atoms with Gasteiger partial charge in [-0.3, -0.25) is 4.98 Å². The lowest BCUT2D eigenvalue weighted by Gasteiger charge is -2.28. The number of morpholine rings is 1. The van der Waals surface area contributed by atoms with Gasteiger partial charge in [-0.25, -0.2) is 15.0 Å². The quantitative estimate of drug-likeness (QED) is 0.467. The van der Waals surface area contributed by atoms with Gasteiger partial charge in [0.2, 0.25) is 0 Å². The Morgan fingerprint density at radius 2 is 1.78 bits per heavy atom. The Morgan fingerprint density at radius 1 is 0.906 bits per heavy atom. The van der Waals surface area contributed by atoms with E-state index in [1.807, 2.05) is 29.2 Å². The number of hydrogen-bond acceptors (Lipinski definition) is 6. The molecule has 7 heteroatoms. The molecule has 0 unspecified atom stereocenters. The SMILES string of the molecule is CC(C)c1ccnc(Cc2nc(Cc3ccn4ccnc4c3)cc(N3CCOCC3)n2)c1. The first-order valence-electron chi connectivity index (χ1n) is 11.2. The van der Waals surface area contributed by atoms with Crippen LogP contribution in [0.5, 0.6) is 0 Å². The Labute approximate surface area is 188 Å². The van der Waals surface area contributed by atoms with E-state index in [0.29, 0.717) is 12.3 Å². The van der Waals surface area contributed by atoms with Gasteiger partial charge < -0.3 is 14.0 Å². The second kappa shape index (κ2) is 9.04. The summed E-state index contributed by atoms with van der Waals surface area (Å²) in [4.78, 5) is 21.1. The zero-order valence-electron chi connectivity index (χ0n) is 18.6. The average molecular weight is 429 g/mol. The van der Waals surface area contributed by atoms with E-state index in [-0.39, 0.29) is 0 Å². The summed E-state index contributed by atoms with van der Waals surface area (Å²) in [5.41, 5.74) is 5.42. The van der Waals surface area contributed by atoms with Gasteiger partial charge in [0.25, 0.3) is 0 Å². The fourth-order valence-electron chi connectivity index (χ4n) is 4.05. The van der Waals surface area contributed by atoms with Crippen molar-refractivity contribution < 1.29 is 4.74 Å². The highest BCUT2D eigenvalue weighted by atomic mass is 16.5. The van der Waals surface area contributed by atoms with Gasteiger partial charge in [0.05, 0.1) is 25.3 Å². The summed E-state index contributed by atoms with van der Waals surface area (Å²) in [6.45, 7) is 7.54. The normalized spacial score (nSPS) is 14.4. The molecule has 0 amide bonds. The van der Waals surface area contributed by atoms with Gasteiger partial charge in [0, 0.05) is 56.1 Å². The number of fused-ring (bicyclic) bond motifs is 1. The summed E-state index contributed by atoms with van der Waals surface area (Å²) in [6, 6.07) is 10.6. The highest BCUT2D eigenvalue weighted by molar-refractivity contribution is 5.45. The van der Waals surface area contributed by atoms with Gasteiger partial charge >= 0.3 is 0 Å². The van der Waals surface area contributed by atoms with E-state index in [2.05, 4.69) is 59.0 Å². The minimum absolute atomic E-state index is 0.463. The lowest BCUT2D eigenvalue weighted by molar-refractivity contribution is 0.122. The first-order chi connectivity index (χ1) is 15.6. The van der Waals surface area contributed by atoms with E-state index in [9.17, 15) is 0 Å². The highest BCUT2D eigenvalue weighted by Crippen LogP contribution is 2.20. The minimum atomic E-state index is 0.463. The molecule has 0 atom stereocenters. The third kappa shape index (κ3) is 4.62. The van der Waals surface area contributed by atoms with Crippen LogP contribution < -0.4 is 4.90 Å². The fourth-order valence-corrected chi connectivity index (χ4v) is 4.05. The molecule has 0 aromatic carbocycles. The van der Waals surface area contributed by atoms with Crippen molar-refractivity contribution in [3.63, 3.8) is 0 Å². The Kier molecular flexibility index (Phi) is 5.81. The van der Waals surface area contributed by atoms with Crippen LogP contribution in [0.15, 0.2) is 55.1 Å². The molecule has 1 fully saturated rings. The van der Waals surface area contributed by atoms with Gasteiger partial charge in [0.1, 0.15) is 17.3 Å². The van der Waals surface area contributed by atoms with Crippen LogP contribution in [-0.2, 0) is 17.6 Å². The largest absolute Gasteiger partial charge is 0.378 e. The Bertz CT molecular complexity index is 1210. The maximum atomic E-state index is 5.54. The van der Waals surface area contributed by atoms with Crippen molar-refractivity contribution in [3.05, 3.63) is 83.5 Å². The zero-order chi connectivity index (χ0) is 21.9. The van der Waals surface area contributed by atoms with Crippen molar-refractivity contribution in [2.24, 2.45) is 0 Å². The van der Waals surface area contributed by atoms with Crippen molar-refractivity contribution in [1.29, 1.82) is 0 Å². The highest BCUT2D eigenvalue weighted by Gasteiger charge is 2.16. The second-order valence-electron chi connectivity index (χ2n) is 8.55. The lowest BCUT2D eigenvalue weighted by Crippen LogP contribution is -2.37. The van der Waals surface area contributed by atoms with E-state index in [1.165, 1.54) is 11.1 Å². The zero-order valence-corrected chi connectivity index (χ0v) is 18.6. The fraction of sp³-hybridized carbons (Fsp3) is 0.360. The third-order valence-electron chi connectivity index (χ3n) is 5.84. The topological polar surface area (TPSA) is 68.4 Å². The van der Waals surface area contributed by atoms with Gasteiger partial charge in [-0.15, -0.1) is 0 Å². The Balaban J connectivity index is 1.47. The monoisotopic (exact) mass is 428 g/mol. The van der Waals surface area contributed by atoms with Gasteiger partial charge in [-0.2, -0.15) is 0 Å². The first kappa shape index (κ1) is 20.6. The molecule has 0 aliphatic carbocycles. The van der Waals surface area contributed by atoms with Crippen LogP contribution in [0.2, 0.25) is 0 Å². The molecule has 0 saturated carbocycles. The molecular formula is C25H28N6O. The number of pyridine rings is 2. The van der Waals surface area contributed by atoms with Crippen molar-refractivity contribution >= 4 is 11.5 Å². The molecule has 7 nitrogen and oxygen atoms in total. The number of hydrogen-bond donors (Lipinski definition) is 0. The predicted molar refractivity (Wildman–Crippen MR) is 124 cm³/mol. The van der Waals surface area contributed by atoms with Crippen LogP contribution in [0.4, 0.5) is 5.82 Å². The molecule has 1 aliphatic heterocycles. The molecular weight excluding hydrogens is 400 g/mol. The third-order valence-corrected chi connectivity index (χ3v) is 5.84. The van der Waals surface area contributed by atoms with E-state index in [0.717, 1.165) is 61.4 Å². The van der Waals surface area contributed by atoms with Crippen LogP contribution >= 0.6 is 0 Å². The van der Waals surface area contributed by atoms with Gasteiger partial charge in [0.15, 0.2) is 0 Å². The maximum Gasteiger partial charge on any atom is 0.136 e. The first-order valence-corrected chi connectivity index (χ1v) is 11.2. The molecule has 0 bridgehead atoms. The van der Waals surface area contributed by atoms with Crippen LogP contribution in [0.25, 0.3) is 5.65 Å². The molecule has 1 saturated heterocycles. The molecule has 5 heterocycles. The number of anilines is 1. The maximum absolute atomic E-state index is 5.54. The Morgan fingerprint density at radius 3 is 2.62 bits per heavy atom. The predicted octanol–water partition coefficient (Wildman–Crippen LogP) is 3.66. The standard InChI is InChI=1S/C25H28N6O/c1-18(2)20-3-5-26-21(15-20)16-23-28-22(17-25(29-23)31-9-11-32-12-10-31)13-19-4-7-30-8-6-27-24(30)14-19/h3-8,14-15,17-18H,9-13,16H2,1-2H3. The summed E-state index contributed by atoms with van der Waals surface area (Å²) in [5, 5.41) is 0. The van der Waals surface area contributed by atoms with Crippen LogP contribution in [0.1, 0.15) is 48.1 Å². The van der Waals surface area contributed by atoms with Crippen molar-refractivity contribution in [2.45, 2.75) is 32.6 Å². The summed E-state index contributed by atoms with van der Waals surface area (Å²) < 4.78 is 7.55. The summed E-state index contributed by atoms with van der Waals surface area (Å²) >= 11 is 0. The minimum Gasteiger partial charge on any atom is -0.378 e. The number of aromatic nitrogens is 5. The van der Waals surface area contributed by atoms with E-state index >= 15 is 0 Å². The number of imidazole rings is 1. The average Bonchev–Trinajstić information content (AvgIpc) is 3.28. The summed E-state index contributed by atoms with van der Waals surface area (Å²) in [7, 11) is 0. The van der Waals surface area contributed by atoms with Gasteiger partial charge in [-0.1, -0.05) is 13.8 Å². The molecule has 5 rings (SSSR count). The second-order valence-corrected chi connectivity index (χ2v) is 8.55. The van der Waals surface area contributed by atoms with E-state index in [1.54, 1.807) is 0 Å². The van der Waals surface area contributed by atoms with Crippen molar-refractivity contribution in [2.75, 3.05) is 31.2 Å². The molecule has 1 aliphatic rings. The Hall–Kier alpha value is -3.32. The number of rotatable bonds is 6.